The SMILES string of the molecule is O=C(O)CCCC#CCN1C(=O)CCCC1=CCC(=O)Cc1ccccc1. The minimum Gasteiger partial charge on any atom is -0.481 e. The molecule has 142 valence electrons. The first-order chi connectivity index (χ1) is 13.1. The molecule has 1 saturated heterocycles. The topological polar surface area (TPSA) is 74.7 Å². The van der Waals surface area contributed by atoms with Crippen molar-refractivity contribution >= 4 is 17.7 Å². The molecule has 1 heterocycles. The second kappa shape index (κ2) is 11.0. The van der Waals surface area contributed by atoms with Gasteiger partial charge < -0.3 is 10.0 Å². The summed E-state index contributed by atoms with van der Waals surface area (Å²) in [7, 11) is 0. The van der Waals surface area contributed by atoms with Crippen LogP contribution in [0.3, 0.4) is 0 Å². The molecule has 0 atom stereocenters. The molecule has 0 bridgehead atoms. The van der Waals surface area contributed by atoms with Crippen LogP contribution in [-0.4, -0.2) is 34.2 Å². The molecule has 5 nitrogen and oxygen atoms in total. The first-order valence-corrected chi connectivity index (χ1v) is 9.29. The van der Waals surface area contributed by atoms with Crippen molar-refractivity contribution in [2.75, 3.05) is 6.54 Å². The van der Waals surface area contributed by atoms with Gasteiger partial charge in [-0.25, -0.2) is 0 Å². The van der Waals surface area contributed by atoms with E-state index in [0.717, 1.165) is 24.1 Å². The number of carbonyl (C=O) groups excluding carboxylic acids is 2. The highest BCUT2D eigenvalue weighted by atomic mass is 16.4. The van der Waals surface area contributed by atoms with Gasteiger partial charge in [-0.3, -0.25) is 14.4 Å². The molecule has 0 unspecified atom stereocenters. The fourth-order valence-corrected chi connectivity index (χ4v) is 2.93. The average Bonchev–Trinajstić information content (AvgIpc) is 2.65. The molecule has 1 aromatic carbocycles. The van der Waals surface area contributed by atoms with Gasteiger partial charge in [-0.1, -0.05) is 42.3 Å². The number of hydrogen-bond acceptors (Lipinski definition) is 3. The lowest BCUT2D eigenvalue weighted by Crippen LogP contribution is -2.34. The van der Waals surface area contributed by atoms with Crippen molar-refractivity contribution < 1.29 is 19.5 Å². The number of piperidine rings is 1. The summed E-state index contributed by atoms with van der Waals surface area (Å²) in [5.74, 6) is 5.20. The fourth-order valence-electron chi connectivity index (χ4n) is 2.93. The van der Waals surface area contributed by atoms with Gasteiger partial charge in [0.15, 0.2) is 0 Å². The standard InChI is InChI=1S/C22H25NO4/c24-20(17-18-9-4-3-5-10-18)15-14-19-11-8-12-21(25)23(19)16-7-2-1-6-13-22(26)27/h3-5,9-10,14H,1,6,8,11-13,15-17H2,(H,26,27). The van der Waals surface area contributed by atoms with E-state index in [4.69, 9.17) is 5.11 Å². The van der Waals surface area contributed by atoms with Gasteiger partial charge in [-0.05, 0) is 24.8 Å². The molecule has 5 heteroatoms. The maximum absolute atomic E-state index is 12.2. The van der Waals surface area contributed by atoms with Crippen LogP contribution in [0, 0.1) is 11.8 Å². The van der Waals surface area contributed by atoms with Crippen molar-refractivity contribution in [3.05, 3.63) is 47.7 Å². The zero-order valence-electron chi connectivity index (χ0n) is 15.4. The van der Waals surface area contributed by atoms with E-state index in [-0.39, 0.29) is 18.1 Å². The van der Waals surface area contributed by atoms with E-state index in [1.54, 1.807) is 4.90 Å². The minimum atomic E-state index is -0.826. The summed E-state index contributed by atoms with van der Waals surface area (Å²) >= 11 is 0. The summed E-state index contributed by atoms with van der Waals surface area (Å²) in [5, 5.41) is 8.60. The number of aliphatic carboxylic acids is 1. The predicted octanol–water partition coefficient (Wildman–Crippen LogP) is 3.34. The molecule has 0 spiro atoms. The van der Waals surface area contributed by atoms with Gasteiger partial charge in [-0.2, -0.15) is 0 Å². The summed E-state index contributed by atoms with van der Waals surface area (Å²) in [6, 6.07) is 9.61. The number of ketones is 1. The normalized spacial score (nSPS) is 15.3. The molecule has 1 aliphatic rings. The predicted molar refractivity (Wildman–Crippen MR) is 103 cm³/mol. The number of carbonyl (C=O) groups is 3. The first-order valence-electron chi connectivity index (χ1n) is 9.29. The van der Waals surface area contributed by atoms with Crippen LogP contribution in [0.1, 0.15) is 50.5 Å². The number of amides is 1. The molecule has 1 amide bonds. The lowest BCUT2D eigenvalue weighted by Gasteiger charge is -2.28. The lowest BCUT2D eigenvalue weighted by molar-refractivity contribution is -0.137. The van der Waals surface area contributed by atoms with Gasteiger partial charge in [0.25, 0.3) is 0 Å². The van der Waals surface area contributed by atoms with Crippen molar-refractivity contribution in [2.24, 2.45) is 0 Å². The monoisotopic (exact) mass is 367 g/mol. The molecule has 1 aromatic rings. The number of carboxylic acids is 1. The number of likely N-dealkylation sites (tertiary alicyclic amines) is 1. The Kier molecular flexibility index (Phi) is 8.31. The maximum atomic E-state index is 12.2. The third kappa shape index (κ3) is 7.49. The van der Waals surface area contributed by atoms with Crippen LogP contribution in [0.15, 0.2) is 42.1 Å². The van der Waals surface area contributed by atoms with Crippen molar-refractivity contribution in [1.82, 2.24) is 4.90 Å². The molecule has 0 aliphatic carbocycles. The van der Waals surface area contributed by atoms with Gasteiger partial charge in [-0.15, -0.1) is 5.92 Å². The smallest absolute Gasteiger partial charge is 0.303 e. The Bertz CT molecular complexity index is 756. The number of Topliss-reactive ketones (excluding diaryl/α,β-unsaturated/α-hetero) is 1. The highest BCUT2D eigenvalue weighted by Crippen LogP contribution is 2.22. The summed E-state index contributed by atoms with van der Waals surface area (Å²) < 4.78 is 0. The molecule has 0 radical (unpaired) electrons. The Morgan fingerprint density at radius 1 is 1.15 bits per heavy atom. The van der Waals surface area contributed by atoms with E-state index in [0.29, 0.717) is 38.6 Å². The molecule has 27 heavy (non-hydrogen) atoms. The number of nitrogens with zero attached hydrogens (tertiary/aromatic N) is 1. The molecular formula is C22H25NO4. The lowest BCUT2D eigenvalue weighted by atomic mass is 10.0. The van der Waals surface area contributed by atoms with Crippen LogP contribution < -0.4 is 0 Å². The number of allylic oxidation sites excluding steroid dienone is 2. The van der Waals surface area contributed by atoms with Crippen LogP contribution in [0.2, 0.25) is 0 Å². The molecule has 2 rings (SSSR count). The third-order valence-corrected chi connectivity index (χ3v) is 4.34. The Morgan fingerprint density at radius 2 is 1.93 bits per heavy atom. The molecule has 1 N–H and O–H groups in total. The van der Waals surface area contributed by atoms with Crippen molar-refractivity contribution in [2.45, 2.75) is 51.4 Å². The van der Waals surface area contributed by atoms with Crippen LogP contribution >= 0.6 is 0 Å². The van der Waals surface area contributed by atoms with E-state index >= 15 is 0 Å². The number of carboxylic acid groups (broad SMARTS) is 1. The fraction of sp³-hybridized carbons (Fsp3) is 0.409. The van der Waals surface area contributed by atoms with E-state index < -0.39 is 5.97 Å². The molecule has 1 fully saturated rings. The Morgan fingerprint density at radius 3 is 2.67 bits per heavy atom. The number of benzene rings is 1. The zero-order chi connectivity index (χ0) is 19.5. The number of rotatable bonds is 8. The van der Waals surface area contributed by atoms with Crippen LogP contribution in [0.25, 0.3) is 0 Å². The highest BCUT2D eigenvalue weighted by Gasteiger charge is 2.22. The van der Waals surface area contributed by atoms with E-state index in [9.17, 15) is 14.4 Å². The highest BCUT2D eigenvalue weighted by molar-refractivity contribution is 5.83. The largest absolute Gasteiger partial charge is 0.481 e. The van der Waals surface area contributed by atoms with Crippen LogP contribution in [-0.2, 0) is 20.8 Å². The minimum absolute atomic E-state index is 0.0304. The van der Waals surface area contributed by atoms with Crippen LogP contribution in [0.4, 0.5) is 0 Å². The van der Waals surface area contributed by atoms with Crippen molar-refractivity contribution in [3.63, 3.8) is 0 Å². The summed E-state index contributed by atoms with van der Waals surface area (Å²) in [4.78, 5) is 36.5. The molecule has 0 saturated carbocycles. The number of unbranched alkanes of at least 4 members (excludes halogenated alkanes) is 1. The average molecular weight is 367 g/mol. The Balaban J connectivity index is 1.89. The first kappa shape index (κ1) is 20.4. The van der Waals surface area contributed by atoms with Crippen LogP contribution in [0.5, 0.6) is 0 Å². The van der Waals surface area contributed by atoms with Gasteiger partial charge in [0, 0.05) is 37.8 Å². The van der Waals surface area contributed by atoms with Crippen molar-refractivity contribution in [3.8, 4) is 11.8 Å². The van der Waals surface area contributed by atoms with E-state index in [2.05, 4.69) is 11.8 Å². The maximum Gasteiger partial charge on any atom is 0.303 e. The van der Waals surface area contributed by atoms with Crippen molar-refractivity contribution in [1.29, 1.82) is 0 Å². The van der Waals surface area contributed by atoms with Gasteiger partial charge in [0.2, 0.25) is 5.91 Å². The van der Waals surface area contributed by atoms with E-state index in [1.807, 2.05) is 36.4 Å². The van der Waals surface area contributed by atoms with Gasteiger partial charge in [0.05, 0.1) is 6.54 Å². The Hall–Kier alpha value is -2.87. The Labute approximate surface area is 160 Å². The quantitative estimate of drug-likeness (QED) is 0.565. The van der Waals surface area contributed by atoms with E-state index in [1.165, 1.54) is 0 Å². The summed E-state index contributed by atoms with van der Waals surface area (Å²) in [5.41, 5.74) is 1.86. The third-order valence-electron chi connectivity index (χ3n) is 4.34. The second-order valence-electron chi connectivity index (χ2n) is 6.53. The molecule has 1 aliphatic heterocycles. The molecular weight excluding hydrogens is 342 g/mol. The summed E-state index contributed by atoms with van der Waals surface area (Å²) in [6.07, 6.45) is 5.72. The zero-order valence-corrected chi connectivity index (χ0v) is 15.4. The number of hydrogen-bond donors (Lipinski definition) is 1. The second-order valence-corrected chi connectivity index (χ2v) is 6.53. The molecule has 0 aromatic heterocycles. The van der Waals surface area contributed by atoms with Gasteiger partial charge in [0.1, 0.15) is 5.78 Å². The van der Waals surface area contributed by atoms with Gasteiger partial charge >= 0.3 is 5.97 Å². The summed E-state index contributed by atoms with van der Waals surface area (Å²) in [6.45, 7) is 0.296.